The molecule has 1 aromatic carbocycles. The predicted octanol–water partition coefficient (Wildman–Crippen LogP) is 3.49. The molecule has 0 unspecified atom stereocenters. The van der Waals surface area contributed by atoms with Gasteiger partial charge < -0.3 is 10.6 Å². The van der Waals surface area contributed by atoms with Gasteiger partial charge in [-0.3, -0.25) is 14.6 Å². The molecule has 2 N–H and O–H groups in total. The van der Waals surface area contributed by atoms with Crippen molar-refractivity contribution in [2.24, 2.45) is 5.41 Å². The first-order valence-corrected chi connectivity index (χ1v) is 8.40. The third kappa shape index (κ3) is 4.89. The summed E-state index contributed by atoms with van der Waals surface area (Å²) in [7, 11) is 0. The van der Waals surface area contributed by atoms with Crippen LogP contribution in [0.25, 0.3) is 0 Å². The van der Waals surface area contributed by atoms with Crippen LogP contribution >= 0.6 is 0 Å². The minimum atomic E-state index is -1.19. The molecule has 1 aromatic heterocycles. The SMILES string of the molecule is CC(C)c1ccc(NC(=O)C(C)(C)C(=O)NCc2ccccn2)cc1. The molecule has 0 atom stereocenters. The molecule has 5 heteroatoms. The summed E-state index contributed by atoms with van der Waals surface area (Å²) in [6.45, 7) is 7.74. The highest BCUT2D eigenvalue weighted by Crippen LogP contribution is 2.21. The predicted molar refractivity (Wildman–Crippen MR) is 99.0 cm³/mol. The lowest BCUT2D eigenvalue weighted by molar-refractivity contribution is -0.138. The Hall–Kier alpha value is -2.69. The molecule has 0 bridgehead atoms. The van der Waals surface area contributed by atoms with Crippen LogP contribution in [-0.4, -0.2) is 16.8 Å². The molecule has 0 saturated carbocycles. The topological polar surface area (TPSA) is 71.1 Å². The summed E-state index contributed by atoms with van der Waals surface area (Å²) in [5.41, 5.74) is 1.44. The van der Waals surface area contributed by atoms with Crippen LogP contribution < -0.4 is 10.6 Å². The summed E-state index contributed by atoms with van der Waals surface area (Å²) < 4.78 is 0. The van der Waals surface area contributed by atoms with E-state index in [1.54, 1.807) is 20.0 Å². The third-order valence-corrected chi connectivity index (χ3v) is 4.13. The van der Waals surface area contributed by atoms with E-state index >= 15 is 0 Å². The van der Waals surface area contributed by atoms with E-state index in [-0.39, 0.29) is 11.8 Å². The van der Waals surface area contributed by atoms with E-state index in [0.29, 0.717) is 18.2 Å². The van der Waals surface area contributed by atoms with Crippen LogP contribution in [0.1, 0.15) is 44.9 Å². The van der Waals surface area contributed by atoms with Crippen molar-refractivity contribution in [2.75, 3.05) is 5.32 Å². The number of aromatic nitrogens is 1. The van der Waals surface area contributed by atoms with Gasteiger partial charge in [-0.05, 0) is 49.6 Å². The van der Waals surface area contributed by atoms with E-state index in [0.717, 1.165) is 5.69 Å². The Morgan fingerprint density at radius 3 is 2.28 bits per heavy atom. The molecular weight excluding hydrogens is 314 g/mol. The highest BCUT2D eigenvalue weighted by atomic mass is 16.2. The number of pyridine rings is 1. The van der Waals surface area contributed by atoms with Gasteiger partial charge >= 0.3 is 0 Å². The normalized spacial score (nSPS) is 11.2. The molecule has 0 aliphatic rings. The molecule has 2 amide bonds. The van der Waals surface area contributed by atoms with E-state index in [1.165, 1.54) is 5.56 Å². The second-order valence-corrected chi connectivity index (χ2v) is 6.86. The van der Waals surface area contributed by atoms with Crippen molar-refractivity contribution >= 4 is 17.5 Å². The Morgan fingerprint density at radius 2 is 1.72 bits per heavy atom. The lowest BCUT2D eigenvalue weighted by atomic mass is 9.90. The number of carbonyl (C=O) groups is 2. The van der Waals surface area contributed by atoms with Gasteiger partial charge in [-0.1, -0.05) is 32.0 Å². The molecule has 0 saturated heterocycles. The average molecular weight is 339 g/mol. The highest BCUT2D eigenvalue weighted by Gasteiger charge is 2.36. The van der Waals surface area contributed by atoms with Crippen molar-refractivity contribution in [2.45, 2.75) is 40.2 Å². The Kier molecular flexibility index (Phi) is 5.91. The fourth-order valence-electron chi connectivity index (χ4n) is 2.24. The molecule has 1 heterocycles. The number of carbonyl (C=O) groups excluding carboxylic acids is 2. The van der Waals surface area contributed by atoms with E-state index in [9.17, 15) is 9.59 Å². The molecule has 132 valence electrons. The molecule has 0 spiro atoms. The molecule has 0 fully saturated rings. The second-order valence-electron chi connectivity index (χ2n) is 6.86. The van der Waals surface area contributed by atoms with Crippen molar-refractivity contribution in [1.82, 2.24) is 10.3 Å². The Morgan fingerprint density at radius 1 is 1.04 bits per heavy atom. The molecule has 25 heavy (non-hydrogen) atoms. The van der Waals surface area contributed by atoms with Crippen LogP contribution in [0, 0.1) is 5.41 Å². The van der Waals surface area contributed by atoms with Crippen LogP contribution in [0.5, 0.6) is 0 Å². The monoisotopic (exact) mass is 339 g/mol. The molecule has 0 aliphatic heterocycles. The summed E-state index contributed by atoms with van der Waals surface area (Å²) in [5.74, 6) is -0.253. The summed E-state index contributed by atoms with van der Waals surface area (Å²) in [6.07, 6.45) is 1.67. The number of hydrogen-bond donors (Lipinski definition) is 2. The Bertz CT molecular complexity index is 722. The van der Waals surface area contributed by atoms with Gasteiger partial charge in [0, 0.05) is 11.9 Å². The van der Waals surface area contributed by atoms with Gasteiger partial charge in [0.1, 0.15) is 5.41 Å². The maximum atomic E-state index is 12.5. The van der Waals surface area contributed by atoms with Crippen molar-refractivity contribution in [1.29, 1.82) is 0 Å². The maximum Gasteiger partial charge on any atom is 0.239 e. The van der Waals surface area contributed by atoms with Gasteiger partial charge in [-0.25, -0.2) is 0 Å². The number of amides is 2. The van der Waals surface area contributed by atoms with Gasteiger partial charge in [0.15, 0.2) is 0 Å². The summed E-state index contributed by atoms with van der Waals surface area (Å²) >= 11 is 0. The first-order chi connectivity index (χ1) is 11.8. The van der Waals surface area contributed by atoms with Crippen LogP contribution in [-0.2, 0) is 16.1 Å². The lowest BCUT2D eigenvalue weighted by Gasteiger charge is -2.22. The van der Waals surface area contributed by atoms with Gasteiger partial charge in [0.05, 0.1) is 12.2 Å². The first-order valence-electron chi connectivity index (χ1n) is 8.40. The quantitative estimate of drug-likeness (QED) is 0.792. The zero-order valence-corrected chi connectivity index (χ0v) is 15.2. The Balaban J connectivity index is 1.97. The minimum Gasteiger partial charge on any atom is -0.350 e. The van der Waals surface area contributed by atoms with E-state index in [1.807, 2.05) is 42.5 Å². The number of anilines is 1. The van der Waals surface area contributed by atoms with E-state index in [4.69, 9.17) is 0 Å². The third-order valence-electron chi connectivity index (χ3n) is 4.13. The zero-order chi connectivity index (χ0) is 18.4. The van der Waals surface area contributed by atoms with Crippen molar-refractivity contribution in [3.05, 3.63) is 59.9 Å². The van der Waals surface area contributed by atoms with Crippen molar-refractivity contribution in [3.63, 3.8) is 0 Å². The van der Waals surface area contributed by atoms with Crippen LogP contribution in [0.2, 0.25) is 0 Å². The van der Waals surface area contributed by atoms with Crippen LogP contribution in [0.4, 0.5) is 5.69 Å². The number of hydrogen-bond acceptors (Lipinski definition) is 3. The molecule has 2 aromatic rings. The summed E-state index contributed by atoms with van der Waals surface area (Å²) in [6, 6.07) is 13.2. The van der Waals surface area contributed by atoms with Crippen molar-refractivity contribution in [3.8, 4) is 0 Å². The largest absolute Gasteiger partial charge is 0.350 e. The van der Waals surface area contributed by atoms with E-state index in [2.05, 4.69) is 29.5 Å². The Labute approximate surface area is 148 Å². The fourth-order valence-corrected chi connectivity index (χ4v) is 2.24. The molecule has 5 nitrogen and oxygen atoms in total. The second kappa shape index (κ2) is 7.92. The average Bonchev–Trinajstić information content (AvgIpc) is 2.60. The summed E-state index contributed by atoms with van der Waals surface area (Å²) in [4.78, 5) is 29.1. The number of benzene rings is 1. The number of rotatable bonds is 6. The van der Waals surface area contributed by atoms with Crippen molar-refractivity contribution < 1.29 is 9.59 Å². The van der Waals surface area contributed by atoms with Crippen LogP contribution in [0.15, 0.2) is 48.7 Å². The highest BCUT2D eigenvalue weighted by molar-refractivity contribution is 6.09. The fraction of sp³-hybridized carbons (Fsp3) is 0.350. The zero-order valence-electron chi connectivity index (χ0n) is 15.2. The lowest BCUT2D eigenvalue weighted by Crippen LogP contribution is -2.44. The van der Waals surface area contributed by atoms with Gasteiger partial charge in [0.2, 0.25) is 11.8 Å². The summed E-state index contributed by atoms with van der Waals surface area (Å²) in [5, 5.41) is 5.58. The number of nitrogens with zero attached hydrogens (tertiary/aromatic N) is 1. The first kappa shape index (κ1) is 18.6. The molecule has 0 aliphatic carbocycles. The van der Waals surface area contributed by atoms with Crippen LogP contribution in [0.3, 0.4) is 0 Å². The van der Waals surface area contributed by atoms with Gasteiger partial charge in [0.25, 0.3) is 0 Å². The maximum absolute atomic E-state index is 12.5. The van der Waals surface area contributed by atoms with Gasteiger partial charge in [-0.15, -0.1) is 0 Å². The molecule has 2 rings (SSSR count). The smallest absolute Gasteiger partial charge is 0.239 e. The molecule has 0 radical (unpaired) electrons. The standard InChI is InChI=1S/C20H25N3O2/c1-14(2)15-8-10-16(11-9-15)23-19(25)20(3,4)18(24)22-13-17-7-5-6-12-21-17/h5-12,14H,13H2,1-4H3,(H,22,24)(H,23,25). The minimum absolute atomic E-state index is 0.291. The van der Waals surface area contributed by atoms with E-state index < -0.39 is 5.41 Å². The number of nitrogens with one attached hydrogen (secondary N) is 2. The molecular formula is C20H25N3O2. The van der Waals surface area contributed by atoms with Gasteiger partial charge in [-0.2, -0.15) is 0 Å².